The van der Waals surface area contributed by atoms with Gasteiger partial charge in [0.2, 0.25) is 5.91 Å². The minimum absolute atomic E-state index is 0.0190. The van der Waals surface area contributed by atoms with Crippen molar-refractivity contribution in [3.05, 3.63) is 23.8 Å². The van der Waals surface area contributed by atoms with Crippen molar-refractivity contribution in [2.75, 3.05) is 32.3 Å². The second-order valence-electron chi connectivity index (χ2n) is 6.40. The van der Waals surface area contributed by atoms with E-state index in [0.717, 1.165) is 18.4 Å². The summed E-state index contributed by atoms with van der Waals surface area (Å²) in [6, 6.07) is 5.54. The number of carbonyl (C=O) groups is 1. The normalized spacial score (nSPS) is 25.7. The molecule has 1 amide bonds. The van der Waals surface area contributed by atoms with Gasteiger partial charge in [0.15, 0.2) is 9.84 Å². The predicted molar refractivity (Wildman–Crippen MR) is 90.0 cm³/mol. The Morgan fingerprint density at radius 2 is 2.00 bits per heavy atom. The smallest absolute Gasteiger partial charge is 0.227 e. The van der Waals surface area contributed by atoms with Crippen molar-refractivity contribution in [1.82, 2.24) is 4.90 Å². The molecule has 2 unspecified atom stereocenters. The summed E-state index contributed by atoms with van der Waals surface area (Å²) in [6.45, 7) is 0.662. The van der Waals surface area contributed by atoms with Gasteiger partial charge in [-0.1, -0.05) is 0 Å². The third kappa shape index (κ3) is 3.22. The van der Waals surface area contributed by atoms with E-state index in [9.17, 15) is 13.2 Å². The molecular weight excluding hydrogens is 330 g/mol. The van der Waals surface area contributed by atoms with E-state index in [1.165, 1.54) is 0 Å². The molecule has 0 N–H and O–H groups in total. The number of carbonyl (C=O) groups excluding carboxylic acids is 1. The lowest BCUT2D eigenvalue weighted by molar-refractivity contribution is -0.135. The van der Waals surface area contributed by atoms with Gasteiger partial charge in [-0.2, -0.15) is 0 Å². The second kappa shape index (κ2) is 6.63. The number of hydrogen-bond donors (Lipinski definition) is 0. The largest absolute Gasteiger partial charge is 0.497 e. The van der Waals surface area contributed by atoms with Crippen LogP contribution in [0.1, 0.15) is 30.9 Å². The van der Waals surface area contributed by atoms with E-state index in [4.69, 9.17) is 9.47 Å². The van der Waals surface area contributed by atoms with Gasteiger partial charge in [0, 0.05) is 18.2 Å². The summed E-state index contributed by atoms with van der Waals surface area (Å²) in [5, 5.41) is 0. The first kappa shape index (κ1) is 17.1. The molecule has 0 saturated carbocycles. The van der Waals surface area contributed by atoms with Crippen molar-refractivity contribution in [3.63, 3.8) is 0 Å². The van der Waals surface area contributed by atoms with Crippen molar-refractivity contribution >= 4 is 15.7 Å². The Morgan fingerprint density at radius 3 is 2.62 bits per heavy atom. The van der Waals surface area contributed by atoms with Crippen molar-refractivity contribution in [2.24, 2.45) is 5.92 Å². The molecule has 0 radical (unpaired) electrons. The fourth-order valence-corrected chi connectivity index (χ4v) is 5.40. The highest BCUT2D eigenvalue weighted by atomic mass is 32.2. The van der Waals surface area contributed by atoms with Crippen LogP contribution in [0, 0.1) is 5.92 Å². The van der Waals surface area contributed by atoms with Crippen LogP contribution in [0.25, 0.3) is 0 Å². The first-order valence-electron chi connectivity index (χ1n) is 8.18. The van der Waals surface area contributed by atoms with Gasteiger partial charge in [-0.25, -0.2) is 8.42 Å². The van der Waals surface area contributed by atoms with Gasteiger partial charge >= 0.3 is 0 Å². The van der Waals surface area contributed by atoms with Gasteiger partial charge in [-0.3, -0.25) is 4.79 Å². The van der Waals surface area contributed by atoms with E-state index in [1.54, 1.807) is 14.2 Å². The van der Waals surface area contributed by atoms with Crippen LogP contribution in [0.5, 0.6) is 11.5 Å². The molecule has 0 aromatic heterocycles. The molecule has 1 aromatic rings. The molecule has 3 rings (SSSR count). The van der Waals surface area contributed by atoms with Gasteiger partial charge in [-0.15, -0.1) is 0 Å². The first-order chi connectivity index (χ1) is 11.4. The summed E-state index contributed by atoms with van der Waals surface area (Å²) in [4.78, 5) is 14.7. The molecule has 2 atom stereocenters. The molecular formula is C17H23NO5S. The average Bonchev–Trinajstić information content (AvgIpc) is 3.19. The van der Waals surface area contributed by atoms with Crippen LogP contribution in [0.3, 0.4) is 0 Å². The maximum absolute atomic E-state index is 12.8. The number of methoxy groups -OCH3 is 2. The van der Waals surface area contributed by atoms with Crippen LogP contribution in [0.2, 0.25) is 0 Å². The number of ether oxygens (including phenoxy) is 2. The third-order valence-electron chi connectivity index (χ3n) is 4.92. The zero-order valence-corrected chi connectivity index (χ0v) is 14.8. The average molecular weight is 353 g/mol. The fraction of sp³-hybridized carbons (Fsp3) is 0.588. The number of benzene rings is 1. The summed E-state index contributed by atoms with van der Waals surface area (Å²) in [6.07, 6.45) is 2.20. The lowest BCUT2D eigenvalue weighted by Gasteiger charge is -2.28. The standard InChI is InChI=1S/C17H23NO5S/c1-22-13-5-6-14(16(10-13)23-2)15-4-3-8-18(15)17(19)12-7-9-24(20,21)11-12/h5-6,10,12,15H,3-4,7-9,11H2,1-2H3. The molecule has 1 aromatic carbocycles. The topological polar surface area (TPSA) is 72.9 Å². The molecule has 2 heterocycles. The van der Waals surface area contributed by atoms with Gasteiger partial charge < -0.3 is 14.4 Å². The summed E-state index contributed by atoms with van der Waals surface area (Å²) >= 11 is 0. The number of rotatable bonds is 4. The van der Waals surface area contributed by atoms with Crippen molar-refractivity contribution < 1.29 is 22.7 Å². The number of hydrogen-bond acceptors (Lipinski definition) is 5. The second-order valence-corrected chi connectivity index (χ2v) is 8.63. The van der Waals surface area contributed by atoms with Crippen LogP contribution < -0.4 is 9.47 Å². The molecule has 24 heavy (non-hydrogen) atoms. The quantitative estimate of drug-likeness (QED) is 0.825. The molecule has 7 heteroatoms. The van der Waals surface area contributed by atoms with Gasteiger partial charge in [-0.05, 0) is 31.4 Å². The van der Waals surface area contributed by atoms with Crippen LogP contribution in [-0.4, -0.2) is 51.5 Å². The minimum atomic E-state index is -3.06. The molecule has 0 spiro atoms. The Morgan fingerprint density at radius 1 is 1.21 bits per heavy atom. The van der Waals surface area contributed by atoms with Crippen molar-refractivity contribution in [3.8, 4) is 11.5 Å². The van der Waals surface area contributed by atoms with E-state index in [-0.39, 0.29) is 23.5 Å². The molecule has 6 nitrogen and oxygen atoms in total. The molecule has 132 valence electrons. The summed E-state index contributed by atoms with van der Waals surface area (Å²) in [7, 11) is 0.135. The van der Waals surface area contributed by atoms with E-state index < -0.39 is 15.8 Å². The summed E-state index contributed by atoms with van der Waals surface area (Å²) in [5.41, 5.74) is 0.949. The van der Waals surface area contributed by atoms with E-state index in [2.05, 4.69) is 0 Å². The van der Waals surface area contributed by atoms with Gasteiger partial charge in [0.05, 0.1) is 37.7 Å². The molecule has 2 saturated heterocycles. The molecule has 2 fully saturated rings. The monoisotopic (exact) mass is 353 g/mol. The Bertz CT molecular complexity index is 730. The van der Waals surface area contributed by atoms with Crippen LogP contribution >= 0.6 is 0 Å². The Hall–Kier alpha value is -1.76. The minimum Gasteiger partial charge on any atom is -0.497 e. The number of nitrogens with zero attached hydrogens (tertiary/aromatic N) is 1. The molecule has 2 aliphatic heterocycles. The highest BCUT2D eigenvalue weighted by Crippen LogP contribution is 2.40. The Kier molecular flexibility index (Phi) is 4.71. The Labute approximate surface area is 142 Å². The third-order valence-corrected chi connectivity index (χ3v) is 6.69. The van der Waals surface area contributed by atoms with Crippen molar-refractivity contribution in [1.29, 1.82) is 0 Å². The first-order valence-corrected chi connectivity index (χ1v) is 10.00. The highest BCUT2D eigenvalue weighted by molar-refractivity contribution is 7.91. The highest BCUT2D eigenvalue weighted by Gasteiger charge is 2.40. The van der Waals surface area contributed by atoms with E-state index in [1.807, 2.05) is 23.1 Å². The Balaban J connectivity index is 1.84. The van der Waals surface area contributed by atoms with Crippen molar-refractivity contribution in [2.45, 2.75) is 25.3 Å². The zero-order valence-electron chi connectivity index (χ0n) is 14.0. The maximum atomic E-state index is 12.8. The van der Waals surface area contributed by atoms with Crippen LogP contribution in [0.4, 0.5) is 0 Å². The molecule has 0 bridgehead atoms. The number of amides is 1. The summed E-state index contributed by atoms with van der Waals surface area (Å²) in [5.74, 6) is 1.05. The fourth-order valence-electron chi connectivity index (χ4n) is 3.67. The zero-order chi connectivity index (χ0) is 17.3. The summed E-state index contributed by atoms with van der Waals surface area (Å²) < 4.78 is 34.1. The maximum Gasteiger partial charge on any atom is 0.227 e. The van der Waals surface area contributed by atoms with E-state index >= 15 is 0 Å². The number of sulfone groups is 1. The number of likely N-dealkylation sites (tertiary alicyclic amines) is 1. The lowest BCUT2D eigenvalue weighted by atomic mass is 10.0. The molecule has 2 aliphatic rings. The van der Waals surface area contributed by atoms with Crippen LogP contribution in [0.15, 0.2) is 18.2 Å². The molecule has 0 aliphatic carbocycles. The van der Waals surface area contributed by atoms with Gasteiger partial charge in [0.1, 0.15) is 11.5 Å². The SMILES string of the molecule is COc1ccc(C2CCCN2C(=O)C2CCS(=O)(=O)C2)c(OC)c1. The van der Waals surface area contributed by atoms with Crippen LogP contribution in [-0.2, 0) is 14.6 Å². The predicted octanol–water partition coefficient (Wildman–Crippen LogP) is 1.80. The van der Waals surface area contributed by atoms with E-state index in [0.29, 0.717) is 24.5 Å². The lowest BCUT2D eigenvalue weighted by Crippen LogP contribution is -2.36. The van der Waals surface area contributed by atoms with Gasteiger partial charge in [0.25, 0.3) is 0 Å².